The maximum Gasteiger partial charge on any atom is 0.174 e. The summed E-state index contributed by atoms with van der Waals surface area (Å²) in [7, 11) is 0. The number of allylic oxidation sites excluding steroid dienone is 3. The summed E-state index contributed by atoms with van der Waals surface area (Å²) in [6.45, 7) is 0. The standard InChI is InChI=1S/C15H14O4/c16-10-6-11(17)15-12(18)8-13(19-14(15)7-10)9-4-2-1-3-5-9/h1-4,6-7,9,13,16-17H,5,8H2/t9?,13-/m0/s1. The van der Waals surface area contributed by atoms with Crippen LogP contribution in [0.3, 0.4) is 0 Å². The number of hydrogen-bond donors (Lipinski definition) is 2. The van der Waals surface area contributed by atoms with Crippen LogP contribution in [0.4, 0.5) is 0 Å². The van der Waals surface area contributed by atoms with Gasteiger partial charge in [-0.3, -0.25) is 4.79 Å². The third kappa shape index (κ3) is 2.10. The van der Waals surface area contributed by atoms with Gasteiger partial charge in [0.1, 0.15) is 28.9 Å². The number of aromatic hydroxyl groups is 2. The highest BCUT2D eigenvalue weighted by Crippen LogP contribution is 2.39. The molecule has 2 N–H and O–H groups in total. The van der Waals surface area contributed by atoms with Crippen LogP contribution in [0.15, 0.2) is 36.4 Å². The zero-order valence-electron chi connectivity index (χ0n) is 10.2. The molecule has 3 rings (SSSR count). The SMILES string of the molecule is O=C1C[C@@H](C2C=CC=CC2)Oc2cc(O)cc(O)c21. The minimum Gasteiger partial charge on any atom is -0.508 e. The van der Waals surface area contributed by atoms with E-state index in [1.807, 2.05) is 24.3 Å². The highest BCUT2D eigenvalue weighted by Gasteiger charge is 2.33. The predicted molar refractivity (Wildman–Crippen MR) is 69.5 cm³/mol. The second-order valence-electron chi connectivity index (χ2n) is 4.83. The maximum absolute atomic E-state index is 12.1. The second-order valence-corrected chi connectivity index (χ2v) is 4.83. The van der Waals surface area contributed by atoms with Crippen LogP contribution in [-0.2, 0) is 0 Å². The molecule has 1 aliphatic carbocycles. The molecule has 0 aromatic heterocycles. The van der Waals surface area contributed by atoms with Crippen molar-refractivity contribution in [2.24, 2.45) is 5.92 Å². The number of hydrogen-bond acceptors (Lipinski definition) is 4. The van der Waals surface area contributed by atoms with Gasteiger partial charge in [0.2, 0.25) is 0 Å². The number of benzene rings is 1. The van der Waals surface area contributed by atoms with E-state index in [1.165, 1.54) is 6.07 Å². The van der Waals surface area contributed by atoms with E-state index in [2.05, 4.69) is 0 Å². The Balaban J connectivity index is 1.93. The zero-order valence-corrected chi connectivity index (χ0v) is 10.2. The topological polar surface area (TPSA) is 66.8 Å². The monoisotopic (exact) mass is 258 g/mol. The van der Waals surface area contributed by atoms with Crippen molar-refractivity contribution < 1.29 is 19.7 Å². The molecule has 0 spiro atoms. The number of carbonyl (C=O) groups excluding carboxylic acids is 1. The Kier molecular flexibility index (Phi) is 2.78. The fourth-order valence-electron chi connectivity index (χ4n) is 2.56. The van der Waals surface area contributed by atoms with Crippen molar-refractivity contribution in [2.75, 3.05) is 0 Å². The highest BCUT2D eigenvalue weighted by atomic mass is 16.5. The van der Waals surface area contributed by atoms with E-state index in [1.54, 1.807) is 0 Å². The lowest BCUT2D eigenvalue weighted by Gasteiger charge is -2.30. The first kappa shape index (κ1) is 11.8. The molecule has 0 saturated carbocycles. The van der Waals surface area contributed by atoms with Gasteiger partial charge in [0.05, 0.1) is 0 Å². The number of carbonyl (C=O) groups is 1. The van der Waals surface area contributed by atoms with E-state index in [4.69, 9.17) is 4.74 Å². The van der Waals surface area contributed by atoms with Crippen molar-refractivity contribution in [3.63, 3.8) is 0 Å². The molecule has 1 aromatic carbocycles. The van der Waals surface area contributed by atoms with E-state index in [-0.39, 0.29) is 47.0 Å². The van der Waals surface area contributed by atoms with Gasteiger partial charge >= 0.3 is 0 Å². The molecular weight excluding hydrogens is 244 g/mol. The molecule has 0 fully saturated rings. The number of Topliss-reactive ketones (excluding diaryl/α,β-unsaturated/α-hetero) is 1. The molecule has 0 bridgehead atoms. The van der Waals surface area contributed by atoms with Gasteiger partial charge in [-0.1, -0.05) is 24.3 Å². The number of rotatable bonds is 1. The first-order valence-electron chi connectivity index (χ1n) is 6.24. The Bertz CT molecular complexity index is 586. The molecule has 1 heterocycles. The zero-order chi connectivity index (χ0) is 13.4. The third-order valence-corrected chi connectivity index (χ3v) is 3.50. The summed E-state index contributed by atoms with van der Waals surface area (Å²) in [5, 5.41) is 19.2. The van der Waals surface area contributed by atoms with E-state index in [0.29, 0.717) is 0 Å². The van der Waals surface area contributed by atoms with E-state index >= 15 is 0 Å². The van der Waals surface area contributed by atoms with Gasteiger partial charge in [-0.2, -0.15) is 0 Å². The van der Waals surface area contributed by atoms with Crippen LogP contribution in [0.1, 0.15) is 23.2 Å². The number of fused-ring (bicyclic) bond motifs is 1. The van der Waals surface area contributed by atoms with Gasteiger partial charge in [-0.05, 0) is 6.42 Å². The normalized spacial score (nSPS) is 24.9. The molecule has 2 atom stereocenters. The van der Waals surface area contributed by atoms with Gasteiger partial charge in [0.25, 0.3) is 0 Å². The molecule has 2 aliphatic rings. The first-order chi connectivity index (χ1) is 9.15. The summed E-state index contributed by atoms with van der Waals surface area (Å²) in [6, 6.07) is 2.53. The summed E-state index contributed by atoms with van der Waals surface area (Å²) >= 11 is 0. The van der Waals surface area contributed by atoms with Crippen LogP contribution >= 0.6 is 0 Å². The van der Waals surface area contributed by atoms with Crippen molar-refractivity contribution >= 4 is 5.78 Å². The van der Waals surface area contributed by atoms with Crippen molar-refractivity contribution in [3.8, 4) is 17.2 Å². The lowest BCUT2D eigenvalue weighted by molar-refractivity contribution is 0.0778. The van der Waals surface area contributed by atoms with Crippen molar-refractivity contribution in [2.45, 2.75) is 18.9 Å². The molecule has 0 saturated heterocycles. The summed E-state index contributed by atoms with van der Waals surface area (Å²) in [4.78, 5) is 12.1. The van der Waals surface area contributed by atoms with Crippen LogP contribution < -0.4 is 4.74 Å². The second kappa shape index (κ2) is 4.46. The third-order valence-electron chi connectivity index (χ3n) is 3.50. The van der Waals surface area contributed by atoms with Gasteiger partial charge in [0.15, 0.2) is 5.78 Å². The molecule has 1 aliphatic heterocycles. The summed E-state index contributed by atoms with van der Waals surface area (Å²) in [5.41, 5.74) is 0.171. The van der Waals surface area contributed by atoms with Gasteiger partial charge in [-0.25, -0.2) is 0 Å². The van der Waals surface area contributed by atoms with Crippen molar-refractivity contribution in [1.29, 1.82) is 0 Å². The summed E-state index contributed by atoms with van der Waals surface area (Å²) < 4.78 is 5.78. The van der Waals surface area contributed by atoms with E-state index < -0.39 is 0 Å². The summed E-state index contributed by atoms with van der Waals surface area (Å²) in [6.07, 6.45) is 8.79. The van der Waals surface area contributed by atoms with Crippen LogP contribution in [0.2, 0.25) is 0 Å². The quantitative estimate of drug-likeness (QED) is 0.812. The fourth-order valence-corrected chi connectivity index (χ4v) is 2.56. The molecule has 1 unspecified atom stereocenters. The molecule has 98 valence electrons. The molecule has 1 aromatic rings. The average Bonchev–Trinajstić information content (AvgIpc) is 2.38. The molecular formula is C15H14O4. The number of ether oxygens (including phenoxy) is 1. The largest absolute Gasteiger partial charge is 0.508 e. The molecule has 4 heteroatoms. The molecule has 0 radical (unpaired) electrons. The fraction of sp³-hybridized carbons (Fsp3) is 0.267. The average molecular weight is 258 g/mol. The number of phenols is 2. The Morgan fingerprint density at radius 1 is 1.21 bits per heavy atom. The van der Waals surface area contributed by atoms with Crippen molar-refractivity contribution in [3.05, 3.63) is 42.0 Å². The van der Waals surface area contributed by atoms with Crippen LogP contribution in [0.5, 0.6) is 17.2 Å². The van der Waals surface area contributed by atoms with Crippen LogP contribution in [0.25, 0.3) is 0 Å². The highest BCUT2D eigenvalue weighted by molar-refractivity contribution is 6.02. The number of phenolic OH excluding ortho intramolecular Hbond substituents is 2. The Morgan fingerprint density at radius 2 is 2.05 bits per heavy atom. The smallest absolute Gasteiger partial charge is 0.174 e. The van der Waals surface area contributed by atoms with Crippen LogP contribution in [0, 0.1) is 5.92 Å². The number of ketones is 1. The van der Waals surface area contributed by atoms with E-state index in [0.717, 1.165) is 12.5 Å². The molecule has 0 amide bonds. The summed E-state index contributed by atoms with van der Waals surface area (Å²) in [5.74, 6) is -0.0682. The minimum absolute atomic E-state index is 0.108. The van der Waals surface area contributed by atoms with Gasteiger partial charge < -0.3 is 14.9 Å². The van der Waals surface area contributed by atoms with Gasteiger partial charge in [0, 0.05) is 24.5 Å². The Hall–Kier alpha value is -2.23. The lowest BCUT2D eigenvalue weighted by atomic mass is 9.88. The minimum atomic E-state index is -0.248. The lowest BCUT2D eigenvalue weighted by Crippen LogP contribution is -2.33. The maximum atomic E-state index is 12.1. The molecule has 4 nitrogen and oxygen atoms in total. The first-order valence-corrected chi connectivity index (χ1v) is 6.24. The van der Waals surface area contributed by atoms with Crippen molar-refractivity contribution in [1.82, 2.24) is 0 Å². The molecule has 19 heavy (non-hydrogen) atoms. The Morgan fingerprint density at radius 3 is 2.79 bits per heavy atom. The van der Waals surface area contributed by atoms with Crippen LogP contribution in [-0.4, -0.2) is 22.1 Å². The van der Waals surface area contributed by atoms with E-state index in [9.17, 15) is 15.0 Å². The van der Waals surface area contributed by atoms with Gasteiger partial charge in [-0.15, -0.1) is 0 Å². The Labute approximate surface area is 110 Å². The predicted octanol–water partition coefficient (Wildman–Crippen LogP) is 2.56.